The van der Waals surface area contributed by atoms with Crippen LogP contribution >= 0.6 is 0 Å². The molecule has 0 aliphatic rings. The molecule has 0 saturated heterocycles. The summed E-state index contributed by atoms with van der Waals surface area (Å²) < 4.78 is 5.90. The average molecular weight is 487 g/mol. The molecule has 0 fully saturated rings. The number of aromatic nitrogens is 1. The second-order valence-electron chi connectivity index (χ2n) is 9.06. The number of hydrogen-bond donors (Lipinski definition) is 2. The van der Waals surface area contributed by atoms with E-state index in [-0.39, 0.29) is 12.3 Å². The van der Waals surface area contributed by atoms with Crippen LogP contribution in [-0.2, 0) is 16.2 Å². The number of carboxylic acid groups (broad SMARTS) is 1. The predicted octanol–water partition coefficient (Wildman–Crippen LogP) is 6.67. The number of nitrogens with zero attached hydrogens (tertiary/aromatic N) is 1. The highest BCUT2D eigenvalue weighted by molar-refractivity contribution is 5.94. The number of rotatable bonds is 11. The highest BCUT2D eigenvalue weighted by Crippen LogP contribution is 2.31. The van der Waals surface area contributed by atoms with Crippen molar-refractivity contribution in [3.63, 3.8) is 0 Å². The molecule has 0 saturated carbocycles. The number of amides is 1. The van der Waals surface area contributed by atoms with Crippen molar-refractivity contribution >= 4 is 29.7 Å². The van der Waals surface area contributed by atoms with Crippen LogP contribution in [0.2, 0.25) is 0 Å². The van der Waals surface area contributed by atoms with Crippen molar-refractivity contribution in [3.8, 4) is 5.75 Å². The van der Waals surface area contributed by atoms with Gasteiger partial charge in [0, 0.05) is 12.1 Å². The third-order valence-electron chi connectivity index (χ3n) is 6.62. The van der Waals surface area contributed by atoms with Gasteiger partial charge in [0.1, 0.15) is 12.4 Å². The van der Waals surface area contributed by atoms with Gasteiger partial charge in [-0.05, 0) is 85.9 Å². The second kappa shape index (κ2) is 12.2. The summed E-state index contributed by atoms with van der Waals surface area (Å²) >= 11 is 0. The summed E-state index contributed by atoms with van der Waals surface area (Å²) in [6, 6.07) is 19.2. The van der Waals surface area contributed by atoms with E-state index in [1.807, 2.05) is 66.7 Å². The molecule has 2 N–H and O–H groups in total. The Morgan fingerprint density at radius 3 is 2.42 bits per heavy atom. The van der Waals surface area contributed by atoms with Crippen LogP contribution in [0.3, 0.4) is 0 Å². The normalized spacial score (nSPS) is 11.4. The predicted molar refractivity (Wildman–Crippen MR) is 144 cm³/mol. The van der Waals surface area contributed by atoms with Crippen LogP contribution < -0.4 is 10.1 Å². The van der Waals surface area contributed by atoms with E-state index in [1.165, 1.54) is 11.1 Å². The van der Waals surface area contributed by atoms with Gasteiger partial charge in [0.25, 0.3) is 0 Å². The Labute approximate surface area is 213 Å². The number of aliphatic carboxylic acids is 1. The summed E-state index contributed by atoms with van der Waals surface area (Å²) in [5.41, 5.74) is 4.51. The first kappa shape index (κ1) is 26.7. The lowest BCUT2D eigenvalue weighted by Gasteiger charge is -2.25. The molecule has 2 aromatic carbocycles. The molecule has 1 amide bonds. The van der Waals surface area contributed by atoms with Crippen molar-refractivity contribution in [2.24, 2.45) is 5.41 Å². The number of anilines is 1. The van der Waals surface area contributed by atoms with Crippen molar-refractivity contribution < 1.29 is 19.4 Å². The fourth-order valence-electron chi connectivity index (χ4n) is 3.92. The lowest BCUT2D eigenvalue weighted by molar-refractivity contribution is -0.151. The van der Waals surface area contributed by atoms with E-state index in [0.717, 1.165) is 22.7 Å². The molecule has 1 heterocycles. The van der Waals surface area contributed by atoms with Gasteiger partial charge in [-0.3, -0.25) is 9.59 Å². The fourth-order valence-corrected chi connectivity index (χ4v) is 3.92. The lowest BCUT2D eigenvalue weighted by Crippen LogP contribution is -2.34. The number of pyridine rings is 1. The van der Waals surface area contributed by atoms with E-state index in [1.54, 1.807) is 19.9 Å². The highest BCUT2D eigenvalue weighted by Gasteiger charge is 2.37. The molecular weight excluding hydrogens is 452 g/mol. The number of carboxylic acids is 1. The maximum absolute atomic E-state index is 12.6. The Morgan fingerprint density at radius 1 is 0.972 bits per heavy atom. The van der Waals surface area contributed by atoms with Gasteiger partial charge in [-0.2, -0.15) is 0 Å². The van der Waals surface area contributed by atoms with E-state index in [9.17, 15) is 14.7 Å². The van der Waals surface area contributed by atoms with Crippen LogP contribution in [-0.4, -0.2) is 22.0 Å². The summed E-state index contributed by atoms with van der Waals surface area (Å²) in [5.74, 6) is -0.424. The van der Waals surface area contributed by atoms with Gasteiger partial charge in [-0.1, -0.05) is 44.2 Å². The van der Waals surface area contributed by atoms with Gasteiger partial charge in [-0.25, -0.2) is 4.98 Å². The minimum Gasteiger partial charge on any atom is -0.487 e. The molecule has 6 nitrogen and oxygen atoms in total. The number of hydrogen-bond acceptors (Lipinski definition) is 4. The summed E-state index contributed by atoms with van der Waals surface area (Å²) in [6.45, 7) is 8.11. The minimum atomic E-state index is -1.04. The van der Waals surface area contributed by atoms with Crippen molar-refractivity contribution in [1.29, 1.82) is 0 Å². The monoisotopic (exact) mass is 486 g/mol. The number of carbonyl (C=O) groups excluding carboxylic acids is 1. The van der Waals surface area contributed by atoms with Crippen molar-refractivity contribution in [1.82, 2.24) is 4.98 Å². The summed E-state index contributed by atoms with van der Waals surface area (Å²) in [6.07, 6.45) is 4.57. The number of ether oxygens (including phenoxy) is 1. The third-order valence-corrected chi connectivity index (χ3v) is 6.62. The van der Waals surface area contributed by atoms with E-state index in [2.05, 4.69) is 24.1 Å². The number of benzene rings is 2. The quantitative estimate of drug-likeness (QED) is 0.316. The maximum Gasteiger partial charge on any atom is 0.310 e. The first-order valence-electron chi connectivity index (χ1n) is 12.2. The zero-order valence-electron chi connectivity index (χ0n) is 21.4. The molecule has 0 bridgehead atoms. The molecule has 3 aromatic rings. The fraction of sp³-hybridized carbons (Fsp3) is 0.300. The molecule has 3 rings (SSSR count). The SMILES string of the molecule is CCC(CC)(CC(=O)Nc1cccc(/C=C/c2cccc(COc3ccc(C)c(C)c3)n2)c1)C(=O)O. The molecule has 0 unspecified atom stereocenters. The van der Waals surface area contributed by atoms with Crippen LogP contribution in [0.15, 0.2) is 60.7 Å². The average Bonchev–Trinajstić information content (AvgIpc) is 2.87. The molecule has 0 radical (unpaired) electrons. The van der Waals surface area contributed by atoms with Gasteiger partial charge in [0.2, 0.25) is 5.91 Å². The molecule has 1 aromatic heterocycles. The van der Waals surface area contributed by atoms with E-state index >= 15 is 0 Å². The van der Waals surface area contributed by atoms with Crippen LogP contribution in [0.5, 0.6) is 5.75 Å². The van der Waals surface area contributed by atoms with E-state index in [0.29, 0.717) is 25.1 Å². The molecule has 6 heteroatoms. The Bertz CT molecular complexity index is 1250. The Kier molecular flexibility index (Phi) is 9.01. The molecular formula is C30H34N2O4. The Morgan fingerprint density at radius 2 is 1.72 bits per heavy atom. The van der Waals surface area contributed by atoms with Gasteiger partial charge in [-0.15, -0.1) is 0 Å². The first-order chi connectivity index (χ1) is 17.2. The van der Waals surface area contributed by atoms with Crippen LogP contribution in [0.4, 0.5) is 5.69 Å². The summed E-state index contributed by atoms with van der Waals surface area (Å²) in [5, 5.41) is 12.4. The minimum absolute atomic E-state index is 0.0592. The third kappa shape index (κ3) is 7.04. The topological polar surface area (TPSA) is 88.5 Å². The van der Waals surface area contributed by atoms with Crippen LogP contribution in [0.25, 0.3) is 12.2 Å². The van der Waals surface area contributed by atoms with Gasteiger partial charge < -0.3 is 15.2 Å². The zero-order valence-corrected chi connectivity index (χ0v) is 21.4. The first-order valence-corrected chi connectivity index (χ1v) is 12.2. The second-order valence-corrected chi connectivity index (χ2v) is 9.06. The van der Waals surface area contributed by atoms with Gasteiger partial charge in [0.05, 0.1) is 16.8 Å². The molecule has 0 aliphatic heterocycles. The molecule has 36 heavy (non-hydrogen) atoms. The summed E-state index contributed by atoms with van der Waals surface area (Å²) in [7, 11) is 0. The number of carbonyl (C=O) groups is 2. The lowest BCUT2D eigenvalue weighted by atomic mass is 9.79. The van der Waals surface area contributed by atoms with Gasteiger partial charge >= 0.3 is 5.97 Å². The summed E-state index contributed by atoms with van der Waals surface area (Å²) in [4.78, 5) is 28.9. The Balaban J connectivity index is 1.63. The Hall–Kier alpha value is -3.93. The van der Waals surface area contributed by atoms with E-state index < -0.39 is 11.4 Å². The molecule has 0 aliphatic carbocycles. The molecule has 0 spiro atoms. The highest BCUT2D eigenvalue weighted by atomic mass is 16.5. The number of aryl methyl sites for hydroxylation is 2. The number of nitrogens with one attached hydrogen (secondary N) is 1. The van der Waals surface area contributed by atoms with Crippen LogP contribution in [0.1, 0.15) is 61.2 Å². The largest absolute Gasteiger partial charge is 0.487 e. The standard InChI is InChI=1S/C30H34N2O4/c1-5-30(6-2,29(34)35)19-28(33)32-25-11-7-9-23(18-25)14-15-24-10-8-12-26(31-24)20-36-27-16-13-21(3)22(4)17-27/h7-18H,5-6,19-20H2,1-4H3,(H,32,33)(H,34,35)/b15-14+. The maximum atomic E-state index is 12.6. The smallest absolute Gasteiger partial charge is 0.310 e. The van der Waals surface area contributed by atoms with Crippen LogP contribution in [0, 0.1) is 19.3 Å². The molecule has 0 atom stereocenters. The van der Waals surface area contributed by atoms with Crippen molar-refractivity contribution in [2.45, 2.75) is 53.6 Å². The molecule has 188 valence electrons. The zero-order chi connectivity index (χ0) is 26.1. The van der Waals surface area contributed by atoms with Crippen molar-refractivity contribution in [3.05, 3.63) is 88.7 Å². The van der Waals surface area contributed by atoms with E-state index in [4.69, 9.17) is 4.74 Å². The van der Waals surface area contributed by atoms with Gasteiger partial charge in [0.15, 0.2) is 0 Å². The van der Waals surface area contributed by atoms with Crippen molar-refractivity contribution in [2.75, 3.05) is 5.32 Å².